The molecular formula is C42H46N5O9Si+. The molecule has 0 radical (unpaired) electrons. The highest BCUT2D eigenvalue weighted by Crippen LogP contribution is 2.43. The van der Waals surface area contributed by atoms with Crippen LogP contribution in [-0.4, -0.2) is 104 Å². The molecule has 0 unspecified atom stereocenters. The van der Waals surface area contributed by atoms with Crippen molar-refractivity contribution in [3.05, 3.63) is 132 Å². The fourth-order valence-corrected chi connectivity index (χ4v) is 10.9. The Kier molecular flexibility index (Phi) is 11.6. The molecule has 1 aliphatic carbocycles. The third-order valence-electron chi connectivity index (χ3n) is 11.2. The number of nitro groups is 2. The number of non-ortho nitro benzene ring substituents is 1. The summed E-state index contributed by atoms with van der Waals surface area (Å²) in [5, 5.41) is 38.2. The summed E-state index contributed by atoms with van der Waals surface area (Å²) in [6.45, 7) is 10.1. The fraction of sp³-hybridized carbons (Fsp3) is 0.357. The molecule has 1 amide bonds. The molecule has 3 heterocycles. The summed E-state index contributed by atoms with van der Waals surface area (Å²) >= 11 is 0. The van der Waals surface area contributed by atoms with Crippen molar-refractivity contribution in [3.8, 4) is 0 Å². The van der Waals surface area contributed by atoms with Crippen LogP contribution in [0.4, 0.5) is 17.1 Å². The minimum atomic E-state index is -2.25. The van der Waals surface area contributed by atoms with E-state index >= 15 is 0 Å². The van der Waals surface area contributed by atoms with E-state index in [0.29, 0.717) is 36.1 Å². The Morgan fingerprint density at radius 2 is 1.67 bits per heavy atom. The number of amides is 1. The number of benzene rings is 3. The van der Waals surface area contributed by atoms with E-state index in [-0.39, 0.29) is 49.2 Å². The maximum Gasteiger partial charge on any atom is 0.336 e. The van der Waals surface area contributed by atoms with Gasteiger partial charge in [0.25, 0.3) is 17.3 Å². The number of nitrogens with one attached hydrogen (secondary N) is 1. The first-order chi connectivity index (χ1) is 27.4. The zero-order valence-electron chi connectivity index (χ0n) is 32.1. The normalized spacial score (nSPS) is 16.6. The lowest BCUT2D eigenvalue weighted by Crippen LogP contribution is -2.50. The first kappa shape index (κ1) is 39.5. The van der Waals surface area contributed by atoms with Gasteiger partial charge in [-0.3, -0.25) is 25.0 Å². The van der Waals surface area contributed by atoms with Crippen molar-refractivity contribution in [3.63, 3.8) is 0 Å². The lowest BCUT2D eigenvalue weighted by molar-refractivity contribution is -0.582. The van der Waals surface area contributed by atoms with Crippen molar-refractivity contribution in [2.24, 2.45) is 0 Å². The molecule has 0 spiro atoms. The van der Waals surface area contributed by atoms with Crippen molar-refractivity contribution in [2.45, 2.75) is 38.8 Å². The highest BCUT2D eigenvalue weighted by atomic mass is 28.3. The van der Waals surface area contributed by atoms with E-state index in [4.69, 9.17) is 9.47 Å². The lowest BCUT2D eigenvalue weighted by atomic mass is 9.86. The molecule has 57 heavy (non-hydrogen) atoms. The second kappa shape index (κ2) is 16.8. The number of anilines is 1. The number of carboxylic acids is 1. The van der Waals surface area contributed by atoms with E-state index in [0.717, 1.165) is 49.0 Å². The van der Waals surface area contributed by atoms with Crippen molar-refractivity contribution in [1.29, 1.82) is 0 Å². The molecule has 0 bridgehead atoms. The van der Waals surface area contributed by atoms with E-state index in [1.807, 2.05) is 0 Å². The second-order valence-electron chi connectivity index (χ2n) is 15.1. The number of nitrogens with zero attached hydrogens (tertiary/aromatic N) is 4. The number of carbonyl (C=O) groups excluding carboxylic acids is 1. The predicted octanol–water partition coefficient (Wildman–Crippen LogP) is 5.43. The van der Waals surface area contributed by atoms with Crippen LogP contribution in [0, 0.1) is 20.2 Å². The average molecular weight is 793 g/mol. The van der Waals surface area contributed by atoms with Crippen LogP contribution >= 0.6 is 0 Å². The number of allylic oxidation sites excluding steroid dienone is 5. The quantitative estimate of drug-likeness (QED) is 0.0625. The number of hydrogen-bond acceptors (Lipinski definition) is 9. The number of ether oxygens (including phenoxy) is 2. The zero-order chi connectivity index (χ0) is 40.3. The van der Waals surface area contributed by atoms with Gasteiger partial charge in [0.2, 0.25) is 0 Å². The molecule has 4 aliphatic rings. The van der Waals surface area contributed by atoms with Gasteiger partial charge < -0.3 is 24.8 Å². The zero-order valence-corrected chi connectivity index (χ0v) is 33.1. The van der Waals surface area contributed by atoms with Gasteiger partial charge in [0.05, 0.1) is 47.7 Å². The molecule has 15 heteroatoms. The first-order valence-electron chi connectivity index (χ1n) is 19.3. The van der Waals surface area contributed by atoms with Gasteiger partial charge in [-0.1, -0.05) is 19.2 Å². The molecule has 3 aromatic carbocycles. The van der Waals surface area contributed by atoms with Crippen LogP contribution in [0.5, 0.6) is 0 Å². The summed E-state index contributed by atoms with van der Waals surface area (Å²) in [7, 11) is -2.25. The molecule has 3 aliphatic heterocycles. The topological polar surface area (TPSA) is 177 Å². The molecule has 2 saturated heterocycles. The molecule has 7 rings (SSSR count). The minimum absolute atomic E-state index is 0.132. The minimum Gasteiger partial charge on any atom is -0.478 e. The molecule has 2 fully saturated rings. The number of fused-ring (bicyclic) bond motifs is 2. The third-order valence-corrected chi connectivity index (χ3v) is 14.8. The summed E-state index contributed by atoms with van der Waals surface area (Å²) in [5.74, 6) is -1.41. The smallest absolute Gasteiger partial charge is 0.336 e. The van der Waals surface area contributed by atoms with Gasteiger partial charge in [-0.2, -0.15) is 0 Å². The summed E-state index contributed by atoms with van der Waals surface area (Å²) in [4.78, 5) is 49.7. The number of nitro benzene ring substituents is 2. The molecule has 14 nitrogen and oxygen atoms in total. The van der Waals surface area contributed by atoms with Crippen LogP contribution in [0.3, 0.4) is 0 Å². The first-order valence-corrected chi connectivity index (χ1v) is 22.3. The van der Waals surface area contributed by atoms with E-state index < -0.39 is 23.9 Å². The monoisotopic (exact) mass is 792 g/mol. The van der Waals surface area contributed by atoms with Gasteiger partial charge in [0, 0.05) is 61.3 Å². The number of aryl methyl sites for hydroxylation is 1. The Bertz CT molecular complexity index is 2270. The molecular weight excluding hydrogens is 747 g/mol. The van der Waals surface area contributed by atoms with Crippen LogP contribution in [0.15, 0.2) is 83.6 Å². The highest BCUT2D eigenvalue weighted by molar-refractivity contribution is 6.98. The van der Waals surface area contributed by atoms with Crippen LogP contribution < -0.4 is 15.4 Å². The Labute approximate surface area is 331 Å². The largest absolute Gasteiger partial charge is 0.478 e. The van der Waals surface area contributed by atoms with Gasteiger partial charge in [-0.15, -0.1) is 0 Å². The summed E-state index contributed by atoms with van der Waals surface area (Å²) in [6.07, 6.45) is 9.74. The third kappa shape index (κ3) is 8.22. The number of carboxylic acid groups (broad SMARTS) is 1. The number of carbonyl (C=O) groups is 2. The van der Waals surface area contributed by atoms with Crippen LogP contribution in [-0.2, 0) is 15.9 Å². The molecule has 296 valence electrons. The van der Waals surface area contributed by atoms with E-state index in [2.05, 4.69) is 64.3 Å². The lowest BCUT2D eigenvalue weighted by Gasteiger charge is -2.40. The van der Waals surface area contributed by atoms with Crippen LogP contribution in [0.1, 0.15) is 56.7 Å². The Balaban J connectivity index is 1.01. The molecule has 2 N–H and O–H groups in total. The van der Waals surface area contributed by atoms with Gasteiger partial charge in [0.1, 0.15) is 21.2 Å². The summed E-state index contributed by atoms with van der Waals surface area (Å²) < 4.78 is 13.6. The van der Waals surface area contributed by atoms with Crippen molar-refractivity contribution < 1.29 is 38.6 Å². The maximum absolute atomic E-state index is 13.5. The van der Waals surface area contributed by atoms with E-state index in [1.165, 1.54) is 52.8 Å². The summed E-state index contributed by atoms with van der Waals surface area (Å²) in [6, 6.07) is 15.0. The number of rotatable bonds is 16. The van der Waals surface area contributed by atoms with E-state index in [9.17, 15) is 34.9 Å². The highest BCUT2D eigenvalue weighted by Gasteiger charge is 2.42. The number of hydrogen-bond donors (Lipinski definition) is 2. The number of aromatic carboxylic acids is 1. The maximum atomic E-state index is 13.5. The fourth-order valence-electron chi connectivity index (χ4n) is 7.81. The van der Waals surface area contributed by atoms with Gasteiger partial charge in [-0.05, 0) is 94.4 Å². The second-order valence-corrected chi connectivity index (χ2v) is 19.4. The predicted molar refractivity (Wildman–Crippen MR) is 219 cm³/mol. The van der Waals surface area contributed by atoms with Gasteiger partial charge in [0.15, 0.2) is 5.71 Å². The van der Waals surface area contributed by atoms with Gasteiger partial charge in [-0.25, -0.2) is 9.37 Å². The Morgan fingerprint density at radius 3 is 2.33 bits per heavy atom. The summed E-state index contributed by atoms with van der Waals surface area (Å²) in [5.41, 5.74) is 6.01. The van der Waals surface area contributed by atoms with Crippen molar-refractivity contribution in [1.82, 2.24) is 5.32 Å². The Morgan fingerprint density at radius 1 is 0.895 bits per heavy atom. The van der Waals surface area contributed by atoms with Crippen molar-refractivity contribution in [2.75, 3.05) is 64.1 Å². The SMILES string of the molecule is C[Si]1(C)C2=CC(=[N+]3CCC3)C=CC2=C(c2cc(C(=O)NCCOCCOCCCc3ccc([N+](=O)[O-])cc3[N+](=O)[O-])ccc2C(=O)O)c2ccc(N3CCC3)cc21. The molecule has 3 aromatic rings. The van der Waals surface area contributed by atoms with Crippen LogP contribution in [0.25, 0.3) is 5.57 Å². The standard InChI is InChI=1S/C42H45N5O9Si/c1-57(2)38-26-30(44-16-4-17-44)10-13-34(38)40(35-14-11-31(27-39(35)57)45-18-5-19-45)36-24-29(8-12-33(36)42(49)50)41(48)43-15-21-56-23-22-55-20-3-6-28-7-9-32(46(51)52)25-37(28)47(53)54/h7-14,24-27H,3-6,15-23H2,1-2H3,(H-,43,48,49,50)/p+1. The molecule has 0 atom stereocenters. The van der Waals surface area contributed by atoms with E-state index in [1.54, 1.807) is 12.1 Å². The molecule has 0 aromatic heterocycles. The molecule has 0 saturated carbocycles. The van der Waals surface area contributed by atoms with Gasteiger partial charge >= 0.3 is 5.97 Å². The average Bonchev–Trinajstić information content (AvgIpc) is 3.14. The Hall–Kier alpha value is -5.77. The van der Waals surface area contributed by atoms with Crippen molar-refractivity contribution >= 4 is 53.5 Å². The van der Waals surface area contributed by atoms with Crippen LogP contribution in [0.2, 0.25) is 13.1 Å².